The lowest BCUT2D eigenvalue weighted by Gasteiger charge is -2.14. The number of benzene rings is 1. The summed E-state index contributed by atoms with van der Waals surface area (Å²) in [5.41, 5.74) is 1.64. The number of aromatic nitrogens is 1. The minimum absolute atomic E-state index is 0.247. The van der Waals surface area contributed by atoms with Crippen molar-refractivity contribution in [2.24, 2.45) is 11.0 Å². The van der Waals surface area contributed by atoms with Gasteiger partial charge >= 0.3 is 0 Å². The summed E-state index contributed by atoms with van der Waals surface area (Å²) in [6.45, 7) is 3.71. The Morgan fingerprint density at radius 2 is 1.96 bits per heavy atom. The lowest BCUT2D eigenvalue weighted by molar-refractivity contribution is -0.118. The second-order valence-electron chi connectivity index (χ2n) is 5.31. The molecule has 1 unspecified atom stereocenters. The quantitative estimate of drug-likeness (QED) is 0.476. The van der Waals surface area contributed by atoms with E-state index in [9.17, 15) is 9.59 Å². The molecular formula is C18H17N3O2S. The first kappa shape index (κ1) is 16.4. The highest BCUT2D eigenvalue weighted by molar-refractivity contribution is 7.99. The number of Topliss-reactive ketones (excluding diaryl/α,β-unsaturated/α-hetero) is 1. The van der Waals surface area contributed by atoms with Gasteiger partial charge in [0, 0.05) is 6.20 Å². The molecule has 6 heteroatoms. The molecule has 0 saturated heterocycles. The number of pyridine rings is 1. The van der Waals surface area contributed by atoms with E-state index in [1.165, 1.54) is 16.8 Å². The molecule has 1 amide bonds. The van der Waals surface area contributed by atoms with Crippen LogP contribution in [0.2, 0.25) is 0 Å². The van der Waals surface area contributed by atoms with Gasteiger partial charge in [-0.05, 0) is 36.9 Å². The van der Waals surface area contributed by atoms with Crippen molar-refractivity contribution in [2.75, 3.05) is 10.8 Å². The highest BCUT2D eigenvalue weighted by Gasteiger charge is 2.40. The van der Waals surface area contributed by atoms with E-state index in [1.807, 2.05) is 25.1 Å². The highest BCUT2D eigenvalue weighted by atomic mass is 32.2. The number of nitrogens with zero attached hydrogens (tertiary/aromatic N) is 3. The summed E-state index contributed by atoms with van der Waals surface area (Å²) in [7, 11) is 0. The van der Waals surface area contributed by atoms with Crippen LogP contribution in [0, 0.1) is 5.92 Å². The minimum Gasteiger partial charge on any atom is -0.293 e. The van der Waals surface area contributed by atoms with Crippen LogP contribution in [-0.4, -0.2) is 28.1 Å². The van der Waals surface area contributed by atoms with Crippen molar-refractivity contribution in [1.29, 1.82) is 0 Å². The van der Waals surface area contributed by atoms with E-state index in [4.69, 9.17) is 0 Å². The first-order valence-corrected chi connectivity index (χ1v) is 8.68. The van der Waals surface area contributed by atoms with Crippen LogP contribution in [0.4, 0.5) is 5.69 Å². The largest absolute Gasteiger partial charge is 0.293 e. The number of para-hydroxylation sites is 1. The Balaban J connectivity index is 1.92. The number of thioether (sulfide) groups is 1. The normalized spacial score (nSPS) is 17.1. The highest BCUT2D eigenvalue weighted by Crippen LogP contribution is 2.28. The predicted octanol–water partition coefficient (Wildman–Crippen LogP) is 3.42. The first-order valence-electron chi connectivity index (χ1n) is 7.69. The summed E-state index contributed by atoms with van der Waals surface area (Å²) >= 11 is 1.49. The lowest BCUT2D eigenvalue weighted by atomic mass is 9.94. The molecule has 0 saturated carbocycles. The van der Waals surface area contributed by atoms with Gasteiger partial charge < -0.3 is 0 Å². The van der Waals surface area contributed by atoms with Gasteiger partial charge in [-0.25, -0.2) is 4.98 Å². The molecule has 0 bridgehead atoms. The minimum atomic E-state index is -0.884. The van der Waals surface area contributed by atoms with Crippen molar-refractivity contribution >= 4 is 34.9 Å². The van der Waals surface area contributed by atoms with Gasteiger partial charge in [-0.1, -0.05) is 25.1 Å². The van der Waals surface area contributed by atoms with Crippen molar-refractivity contribution in [3.05, 3.63) is 54.2 Å². The van der Waals surface area contributed by atoms with Crippen LogP contribution in [0.1, 0.15) is 24.2 Å². The number of carbonyl (C=O) groups excluding carboxylic acids is 2. The zero-order chi connectivity index (χ0) is 17.1. The maximum Gasteiger partial charge on any atom is 0.264 e. The van der Waals surface area contributed by atoms with E-state index >= 15 is 0 Å². The number of carbonyl (C=O) groups is 2. The third kappa shape index (κ3) is 2.97. The smallest absolute Gasteiger partial charge is 0.264 e. The Hall–Kier alpha value is -2.47. The molecule has 3 rings (SSSR count). The van der Waals surface area contributed by atoms with E-state index in [0.29, 0.717) is 22.0 Å². The van der Waals surface area contributed by atoms with Gasteiger partial charge in [0.25, 0.3) is 5.91 Å². The van der Waals surface area contributed by atoms with Crippen molar-refractivity contribution in [2.45, 2.75) is 18.9 Å². The number of hydrazone groups is 1. The predicted molar refractivity (Wildman–Crippen MR) is 95.5 cm³/mol. The molecule has 5 nitrogen and oxygen atoms in total. The van der Waals surface area contributed by atoms with Crippen molar-refractivity contribution in [3.63, 3.8) is 0 Å². The van der Waals surface area contributed by atoms with Crippen molar-refractivity contribution in [1.82, 2.24) is 4.98 Å². The monoisotopic (exact) mass is 339 g/mol. The molecule has 0 aliphatic carbocycles. The maximum absolute atomic E-state index is 13.0. The van der Waals surface area contributed by atoms with Gasteiger partial charge in [0.05, 0.1) is 17.0 Å². The van der Waals surface area contributed by atoms with Crippen LogP contribution in [0.5, 0.6) is 0 Å². The summed E-state index contributed by atoms with van der Waals surface area (Å²) in [4.78, 5) is 30.0. The van der Waals surface area contributed by atoms with E-state index in [1.54, 1.807) is 37.4 Å². The molecule has 1 aliphatic heterocycles. The fraction of sp³-hybridized carbons (Fsp3) is 0.222. The van der Waals surface area contributed by atoms with Gasteiger partial charge in [-0.2, -0.15) is 10.1 Å². The second kappa shape index (κ2) is 6.97. The molecule has 1 aliphatic rings. The van der Waals surface area contributed by atoms with Gasteiger partial charge in [0.1, 0.15) is 10.9 Å². The standard InChI is InChI=1S/C18H17N3O2S/c1-3-24-17-14(10-7-11-19-17)16(22)15-12(2)20-21(18(15)23)13-8-5-4-6-9-13/h4-11,15H,3H2,1-2H3. The number of hydrogen-bond acceptors (Lipinski definition) is 5. The number of ketones is 1. The average molecular weight is 339 g/mol. The van der Waals surface area contributed by atoms with Gasteiger partial charge in [-0.3, -0.25) is 9.59 Å². The summed E-state index contributed by atoms with van der Waals surface area (Å²) in [6, 6.07) is 12.6. The average Bonchev–Trinajstić information content (AvgIpc) is 2.90. The summed E-state index contributed by atoms with van der Waals surface area (Å²) in [5.74, 6) is -0.645. The molecule has 1 aromatic carbocycles. The van der Waals surface area contributed by atoms with Gasteiger partial charge in [0.15, 0.2) is 5.78 Å². The van der Waals surface area contributed by atoms with Crippen molar-refractivity contribution < 1.29 is 9.59 Å². The van der Waals surface area contributed by atoms with Crippen molar-refractivity contribution in [3.8, 4) is 0 Å². The van der Waals surface area contributed by atoms with Crippen LogP contribution >= 0.6 is 11.8 Å². The third-order valence-electron chi connectivity index (χ3n) is 3.71. The molecule has 0 fully saturated rings. The molecule has 1 atom stereocenters. The molecule has 2 aromatic rings. The molecule has 0 N–H and O–H groups in total. The number of hydrogen-bond donors (Lipinski definition) is 0. The number of rotatable bonds is 5. The fourth-order valence-corrected chi connectivity index (χ4v) is 3.34. The molecule has 0 spiro atoms. The van der Waals surface area contributed by atoms with Crippen LogP contribution < -0.4 is 5.01 Å². The van der Waals surface area contributed by atoms with Crippen LogP contribution in [0.15, 0.2) is 58.8 Å². The van der Waals surface area contributed by atoms with E-state index in [0.717, 1.165) is 5.75 Å². The Morgan fingerprint density at radius 3 is 2.67 bits per heavy atom. The van der Waals surface area contributed by atoms with Crippen LogP contribution in [0.25, 0.3) is 0 Å². The first-order chi connectivity index (χ1) is 11.6. The SMILES string of the molecule is CCSc1ncccc1C(=O)C1C(=O)N(c2ccccc2)N=C1C. The summed E-state index contributed by atoms with van der Waals surface area (Å²) in [6.07, 6.45) is 1.66. The van der Waals surface area contributed by atoms with E-state index in [2.05, 4.69) is 10.1 Å². The molecule has 2 heterocycles. The van der Waals surface area contributed by atoms with Crippen LogP contribution in [0.3, 0.4) is 0 Å². The number of anilines is 1. The van der Waals surface area contributed by atoms with E-state index < -0.39 is 5.92 Å². The Morgan fingerprint density at radius 1 is 1.21 bits per heavy atom. The lowest BCUT2D eigenvalue weighted by Crippen LogP contribution is -2.33. The van der Waals surface area contributed by atoms with E-state index in [-0.39, 0.29) is 11.7 Å². The van der Waals surface area contributed by atoms with Crippen LogP contribution in [-0.2, 0) is 4.79 Å². The third-order valence-corrected chi connectivity index (χ3v) is 4.60. The summed E-state index contributed by atoms with van der Waals surface area (Å²) < 4.78 is 0. The topological polar surface area (TPSA) is 62.6 Å². The Bertz CT molecular complexity index is 805. The molecule has 1 aromatic heterocycles. The van der Waals surface area contributed by atoms with Gasteiger partial charge in [0.2, 0.25) is 0 Å². The molecule has 0 radical (unpaired) electrons. The number of amides is 1. The Labute approximate surface area is 144 Å². The zero-order valence-electron chi connectivity index (χ0n) is 13.5. The fourth-order valence-electron chi connectivity index (χ4n) is 2.61. The van der Waals surface area contributed by atoms with Gasteiger partial charge in [-0.15, -0.1) is 11.8 Å². The zero-order valence-corrected chi connectivity index (χ0v) is 14.3. The molecule has 122 valence electrons. The molecule has 24 heavy (non-hydrogen) atoms. The Kier molecular flexibility index (Phi) is 4.76. The summed E-state index contributed by atoms with van der Waals surface area (Å²) in [5, 5.41) is 6.26. The second-order valence-corrected chi connectivity index (χ2v) is 6.57. The molecular weight excluding hydrogens is 322 g/mol. The maximum atomic E-state index is 13.0.